The molecule has 0 aliphatic heterocycles. The van der Waals surface area contributed by atoms with Crippen LogP contribution in [0.15, 0.2) is 12.3 Å². The van der Waals surface area contributed by atoms with Gasteiger partial charge in [-0.1, -0.05) is 39.3 Å². The highest BCUT2D eigenvalue weighted by Crippen LogP contribution is 2.22. The van der Waals surface area contributed by atoms with Gasteiger partial charge < -0.3 is 4.43 Å². The van der Waals surface area contributed by atoms with Crippen LogP contribution < -0.4 is 0 Å². The molecule has 0 radical (unpaired) electrons. The maximum atomic E-state index is 6.03. The van der Waals surface area contributed by atoms with Gasteiger partial charge in [-0.15, -0.1) is 6.58 Å². The van der Waals surface area contributed by atoms with E-state index in [9.17, 15) is 0 Å². The summed E-state index contributed by atoms with van der Waals surface area (Å²) in [5.41, 5.74) is 2.13. The van der Waals surface area contributed by atoms with Crippen LogP contribution in [0.2, 0.25) is 12.1 Å². The van der Waals surface area contributed by atoms with Crippen molar-refractivity contribution in [2.24, 2.45) is 0 Å². The minimum Gasteiger partial charge on any atom is -0.413 e. The smallest absolute Gasteiger partial charge is 0.216 e. The van der Waals surface area contributed by atoms with Crippen LogP contribution in [0.25, 0.3) is 0 Å². The van der Waals surface area contributed by atoms with Crippen LogP contribution in [0.1, 0.15) is 40.0 Å². The third-order valence-corrected chi connectivity index (χ3v) is 6.53. The Morgan fingerprint density at radius 3 is 1.92 bits per heavy atom. The summed E-state index contributed by atoms with van der Waals surface area (Å²) < 4.78 is 6.03. The standard InChI is InChI=1S/C11H24OSi/c1-5-9-12-13(8-4,10-6-2)11-7-3/h8H,4-7,9-11H2,1-3H3. The first-order valence-electron chi connectivity index (χ1n) is 5.52. The molecule has 2 heteroatoms. The summed E-state index contributed by atoms with van der Waals surface area (Å²) in [5, 5.41) is 0. The molecule has 0 bridgehead atoms. The molecule has 0 N–H and O–H groups in total. The van der Waals surface area contributed by atoms with E-state index in [0.717, 1.165) is 13.0 Å². The summed E-state index contributed by atoms with van der Waals surface area (Å²) in [5.74, 6) is 0. The van der Waals surface area contributed by atoms with Crippen molar-refractivity contribution in [3.05, 3.63) is 12.3 Å². The van der Waals surface area contributed by atoms with E-state index in [-0.39, 0.29) is 0 Å². The molecule has 0 aliphatic carbocycles. The lowest BCUT2D eigenvalue weighted by Crippen LogP contribution is -2.36. The molecular weight excluding hydrogens is 176 g/mol. The van der Waals surface area contributed by atoms with Gasteiger partial charge in [0, 0.05) is 6.61 Å². The average Bonchev–Trinajstić information content (AvgIpc) is 2.15. The average molecular weight is 200 g/mol. The van der Waals surface area contributed by atoms with E-state index in [1.807, 2.05) is 0 Å². The Kier molecular flexibility index (Phi) is 7.29. The molecule has 78 valence electrons. The van der Waals surface area contributed by atoms with E-state index in [1.165, 1.54) is 24.9 Å². The van der Waals surface area contributed by atoms with Gasteiger partial charge in [-0.3, -0.25) is 0 Å². The van der Waals surface area contributed by atoms with E-state index in [4.69, 9.17) is 4.43 Å². The van der Waals surface area contributed by atoms with E-state index in [0.29, 0.717) is 0 Å². The molecule has 13 heavy (non-hydrogen) atoms. The minimum atomic E-state index is -1.53. The molecule has 0 saturated carbocycles. The van der Waals surface area contributed by atoms with Gasteiger partial charge in [-0.25, -0.2) is 0 Å². The third kappa shape index (κ3) is 4.63. The van der Waals surface area contributed by atoms with E-state index >= 15 is 0 Å². The predicted octanol–water partition coefficient (Wildman–Crippen LogP) is 3.90. The lowest BCUT2D eigenvalue weighted by Gasteiger charge is -2.27. The third-order valence-electron chi connectivity index (χ3n) is 2.31. The highest BCUT2D eigenvalue weighted by Gasteiger charge is 2.28. The molecule has 0 amide bonds. The summed E-state index contributed by atoms with van der Waals surface area (Å²) in [6, 6.07) is 2.48. The quantitative estimate of drug-likeness (QED) is 0.540. The number of rotatable bonds is 8. The normalized spacial score (nSPS) is 11.6. The molecule has 0 aromatic rings. The van der Waals surface area contributed by atoms with Crippen molar-refractivity contribution in [3.63, 3.8) is 0 Å². The topological polar surface area (TPSA) is 9.23 Å². The van der Waals surface area contributed by atoms with Crippen molar-refractivity contribution in [2.45, 2.75) is 52.1 Å². The molecule has 0 aromatic carbocycles. The second kappa shape index (κ2) is 7.33. The fourth-order valence-electron chi connectivity index (χ4n) is 1.68. The van der Waals surface area contributed by atoms with Crippen molar-refractivity contribution in [1.29, 1.82) is 0 Å². The molecule has 0 aliphatic rings. The SMILES string of the molecule is C=C[Si](CCC)(CCC)OCCC. The van der Waals surface area contributed by atoms with Crippen LogP contribution in [-0.4, -0.2) is 14.9 Å². The first kappa shape index (κ1) is 12.9. The fraction of sp³-hybridized carbons (Fsp3) is 0.818. The van der Waals surface area contributed by atoms with Gasteiger partial charge >= 0.3 is 0 Å². The predicted molar refractivity (Wildman–Crippen MR) is 62.4 cm³/mol. The van der Waals surface area contributed by atoms with Crippen molar-refractivity contribution in [1.82, 2.24) is 0 Å². The first-order valence-corrected chi connectivity index (χ1v) is 7.92. The van der Waals surface area contributed by atoms with Crippen LogP contribution in [0.4, 0.5) is 0 Å². The Bertz CT molecular complexity index is 128. The molecule has 0 heterocycles. The summed E-state index contributed by atoms with van der Waals surface area (Å²) in [4.78, 5) is 0. The number of hydrogen-bond donors (Lipinski definition) is 0. The Hall–Kier alpha value is -0.0831. The molecule has 0 atom stereocenters. The molecular formula is C11H24OSi. The van der Waals surface area contributed by atoms with Crippen LogP contribution in [0.3, 0.4) is 0 Å². The van der Waals surface area contributed by atoms with Gasteiger partial charge in [-0.05, 0) is 18.5 Å². The van der Waals surface area contributed by atoms with Crippen molar-refractivity contribution in [3.8, 4) is 0 Å². The van der Waals surface area contributed by atoms with Crippen molar-refractivity contribution in [2.75, 3.05) is 6.61 Å². The first-order chi connectivity index (χ1) is 6.24. The second-order valence-electron chi connectivity index (χ2n) is 3.62. The maximum Gasteiger partial charge on any atom is 0.216 e. The van der Waals surface area contributed by atoms with Crippen molar-refractivity contribution < 1.29 is 4.43 Å². The van der Waals surface area contributed by atoms with Gasteiger partial charge in [0.05, 0.1) is 0 Å². The van der Waals surface area contributed by atoms with Crippen LogP contribution in [0.5, 0.6) is 0 Å². The monoisotopic (exact) mass is 200 g/mol. The number of hydrogen-bond acceptors (Lipinski definition) is 1. The lowest BCUT2D eigenvalue weighted by atomic mass is 10.5. The fourth-order valence-corrected chi connectivity index (χ4v) is 5.05. The molecule has 0 aromatic heterocycles. The summed E-state index contributed by atoms with van der Waals surface area (Å²) in [6.45, 7) is 11.5. The highest BCUT2D eigenvalue weighted by molar-refractivity contribution is 6.78. The molecule has 1 nitrogen and oxygen atoms in total. The Morgan fingerprint density at radius 2 is 1.62 bits per heavy atom. The van der Waals surface area contributed by atoms with E-state index in [1.54, 1.807) is 0 Å². The Balaban J connectivity index is 4.16. The van der Waals surface area contributed by atoms with Gasteiger partial charge in [0.15, 0.2) is 0 Å². The molecule has 0 saturated heterocycles. The summed E-state index contributed by atoms with van der Waals surface area (Å²) in [7, 11) is -1.53. The van der Waals surface area contributed by atoms with Gasteiger partial charge in [0.2, 0.25) is 8.32 Å². The molecule has 0 unspecified atom stereocenters. The van der Waals surface area contributed by atoms with Gasteiger partial charge in [-0.2, -0.15) is 0 Å². The van der Waals surface area contributed by atoms with Gasteiger partial charge in [0.25, 0.3) is 0 Å². The van der Waals surface area contributed by atoms with Crippen LogP contribution in [0, 0.1) is 0 Å². The highest BCUT2D eigenvalue weighted by atomic mass is 28.4. The van der Waals surface area contributed by atoms with Gasteiger partial charge in [0.1, 0.15) is 0 Å². The summed E-state index contributed by atoms with van der Waals surface area (Å²) >= 11 is 0. The molecule has 0 spiro atoms. The lowest BCUT2D eigenvalue weighted by molar-refractivity contribution is 0.304. The van der Waals surface area contributed by atoms with E-state index < -0.39 is 8.32 Å². The second-order valence-corrected chi connectivity index (χ2v) is 7.44. The Labute approximate surface area is 84.3 Å². The van der Waals surface area contributed by atoms with Crippen LogP contribution in [-0.2, 0) is 4.43 Å². The van der Waals surface area contributed by atoms with Crippen molar-refractivity contribution >= 4 is 8.32 Å². The molecule has 0 rings (SSSR count). The largest absolute Gasteiger partial charge is 0.413 e. The zero-order chi connectivity index (χ0) is 10.2. The zero-order valence-electron chi connectivity index (χ0n) is 9.44. The van der Waals surface area contributed by atoms with Crippen LogP contribution >= 0.6 is 0 Å². The van der Waals surface area contributed by atoms with E-state index in [2.05, 4.69) is 33.0 Å². The maximum absolute atomic E-state index is 6.03. The minimum absolute atomic E-state index is 0.915. The zero-order valence-corrected chi connectivity index (χ0v) is 10.4. The summed E-state index contributed by atoms with van der Waals surface area (Å²) in [6.07, 6.45) is 3.57. The Morgan fingerprint density at radius 1 is 1.08 bits per heavy atom. The molecule has 0 fully saturated rings.